The van der Waals surface area contributed by atoms with Gasteiger partial charge in [-0.05, 0) is 31.8 Å². The van der Waals surface area contributed by atoms with Crippen LogP contribution in [0.2, 0.25) is 0 Å². The molecule has 98 valence electrons. The van der Waals surface area contributed by atoms with Crippen molar-refractivity contribution in [3.8, 4) is 0 Å². The molecule has 2 fully saturated rings. The van der Waals surface area contributed by atoms with Crippen LogP contribution in [0, 0.1) is 5.92 Å². The minimum absolute atomic E-state index is 0. The summed E-state index contributed by atoms with van der Waals surface area (Å²) in [5.74, 6) is 0.728. The summed E-state index contributed by atoms with van der Waals surface area (Å²) < 4.78 is 0. The van der Waals surface area contributed by atoms with Gasteiger partial charge in [-0.15, -0.1) is 12.4 Å². The Morgan fingerprint density at radius 3 is 2.88 bits per heavy atom. The summed E-state index contributed by atoms with van der Waals surface area (Å²) in [7, 11) is 0. The highest BCUT2D eigenvalue weighted by Gasteiger charge is 2.22. The van der Waals surface area contributed by atoms with Gasteiger partial charge in [0, 0.05) is 19.5 Å². The Morgan fingerprint density at radius 2 is 2.24 bits per heavy atom. The molecule has 0 spiro atoms. The van der Waals surface area contributed by atoms with Crippen molar-refractivity contribution in [2.45, 2.75) is 19.3 Å². The monoisotopic (exact) mass is 261 g/mol. The van der Waals surface area contributed by atoms with Crippen LogP contribution in [0.25, 0.3) is 0 Å². The second-order valence-corrected chi connectivity index (χ2v) is 4.56. The van der Waals surface area contributed by atoms with Crippen molar-refractivity contribution in [3.05, 3.63) is 0 Å². The van der Waals surface area contributed by atoms with Crippen molar-refractivity contribution < 1.29 is 9.59 Å². The molecule has 0 aliphatic carbocycles. The number of amides is 2. The average Bonchev–Trinajstić information content (AvgIpc) is 2.78. The molecule has 17 heavy (non-hydrogen) atoms. The molecule has 0 aromatic carbocycles. The van der Waals surface area contributed by atoms with E-state index in [0.717, 1.165) is 19.5 Å². The molecule has 2 aliphatic heterocycles. The van der Waals surface area contributed by atoms with Gasteiger partial charge in [0.1, 0.15) is 0 Å². The Labute approximate surface area is 108 Å². The van der Waals surface area contributed by atoms with Gasteiger partial charge < -0.3 is 15.5 Å². The molecule has 2 saturated heterocycles. The van der Waals surface area contributed by atoms with E-state index < -0.39 is 0 Å². The molecule has 1 unspecified atom stereocenters. The Bertz CT molecular complexity index is 280. The number of carbonyl (C=O) groups excluding carboxylic acids is 2. The van der Waals surface area contributed by atoms with E-state index >= 15 is 0 Å². The van der Waals surface area contributed by atoms with Crippen molar-refractivity contribution in [2.24, 2.45) is 5.92 Å². The predicted octanol–water partition coefficient (Wildman–Crippen LogP) is -0.244. The molecular formula is C11H20ClN3O2. The number of nitrogens with one attached hydrogen (secondary N) is 2. The standard InChI is InChI=1S/C11H19N3O2.ClH/c15-10-8-14(6-5-13-10)11(16)2-1-9-3-4-12-7-9;/h9,12H,1-8H2,(H,13,15);1H. The summed E-state index contributed by atoms with van der Waals surface area (Å²) in [6.07, 6.45) is 2.71. The largest absolute Gasteiger partial charge is 0.353 e. The van der Waals surface area contributed by atoms with Crippen molar-refractivity contribution >= 4 is 24.2 Å². The Hall–Kier alpha value is -0.810. The molecule has 2 N–H and O–H groups in total. The topological polar surface area (TPSA) is 61.4 Å². The Kier molecular flexibility index (Phi) is 5.71. The summed E-state index contributed by atoms with van der Waals surface area (Å²) >= 11 is 0. The summed E-state index contributed by atoms with van der Waals surface area (Å²) in [5.41, 5.74) is 0. The number of hydrogen-bond donors (Lipinski definition) is 2. The average molecular weight is 262 g/mol. The molecule has 5 nitrogen and oxygen atoms in total. The van der Waals surface area contributed by atoms with Crippen LogP contribution in [-0.4, -0.2) is 49.4 Å². The number of hydrogen-bond acceptors (Lipinski definition) is 3. The maximum atomic E-state index is 11.8. The van der Waals surface area contributed by atoms with Crippen molar-refractivity contribution in [1.29, 1.82) is 0 Å². The molecule has 0 bridgehead atoms. The third-order valence-electron chi connectivity index (χ3n) is 3.32. The predicted molar refractivity (Wildman–Crippen MR) is 67.0 cm³/mol. The Balaban J connectivity index is 0.00000144. The summed E-state index contributed by atoms with van der Waals surface area (Å²) in [4.78, 5) is 24.6. The fraction of sp³-hybridized carbons (Fsp3) is 0.818. The van der Waals surface area contributed by atoms with Gasteiger partial charge in [-0.2, -0.15) is 0 Å². The van der Waals surface area contributed by atoms with Crippen LogP contribution in [0.1, 0.15) is 19.3 Å². The Morgan fingerprint density at radius 1 is 1.41 bits per heavy atom. The number of rotatable bonds is 3. The van der Waals surface area contributed by atoms with Gasteiger partial charge in [-0.3, -0.25) is 9.59 Å². The zero-order valence-electron chi connectivity index (χ0n) is 9.91. The van der Waals surface area contributed by atoms with Gasteiger partial charge in [0.2, 0.25) is 11.8 Å². The molecule has 0 radical (unpaired) electrons. The van der Waals surface area contributed by atoms with Crippen LogP contribution in [0.5, 0.6) is 0 Å². The van der Waals surface area contributed by atoms with Gasteiger partial charge in [0.25, 0.3) is 0 Å². The number of nitrogens with zero attached hydrogens (tertiary/aromatic N) is 1. The maximum absolute atomic E-state index is 11.8. The van der Waals surface area contributed by atoms with Crippen LogP contribution < -0.4 is 10.6 Å². The minimum atomic E-state index is -0.0397. The second kappa shape index (κ2) is 6.81. The first kappa shape index (κ1) is 14.3. The summed E-state index contributed by atoms with van der Waals surface area (Å²) in [5, 5.41) is 6.01. The zero-order valence-corrected chi connectivity index (χ0v) is 10.7. The van der Waals surface area contributed by atoms with E-state index in [0.29, 0.717) is 25.4 Å². The van der Waals surface area contributed by atoms with E-state index in [1.165, 1.54) is 6.42 Å². The van der Waals surface area contributed by atoms with Gasteiger partial charge >= 0.3 is 0 Å². The highest BCUT2D eigenvalue weighted by Crippen LogP contribution is 2.15. The molecule has 2 amide bonds. The lowest BCUT2D eigenvalue weighted by Gasteiger charge is -2.27. The van der Waals surface area contributed by atoms with Crippen molar-refractivity contribution in [3.63, 3.8) is 0 Å². The fourth-order valence-electron chi connectivity index (χ4n) is 2.30. The van der Waals surface area contributed by atoms with Crippen molar-refractivity contribution in [2.75, 3.05) is 32.7 Å². The summed E-state index contributed by atoms with van der Waals surface area (Å²) in [6.45, 7) is 3.60. The van der Waals surface area contributed by atoms with E-state index in [1.807, 2.05) is 0 Å². The lowest BCUT2D eigenvalue weighted by Crippen LogP contribution is -2.50. The van der Waals surface area contributed by atoms with Crippen LogP contribution in [0.3, 0.4) is 0 Å². The zero-order chi connectivity index (χ0) is 11.4. The molecule has 0 aromatic heterocycles. The number of carbonyl (C=O) groups is 2. The van der Waals surface area contributed by atoms with Crippen LogP contribution in [-0.2, 0) is 9.59 Å². The van der Waals surface area contributed by atoms with Gasteiger partial charge in [0.05, 0.1) is 6.54 Å². The fourth-order valence-corrected chi connectivity index (χ4v) is 2.30. The summed E-state index contributed by atoms with van der Waals surface area (Å²) in [6, 6.07) is 0. The van der Waals surface area contributed by atoms with Crippen molar-refractivity contribution in [1.82, 2.24) is 15.5 Å². The van der Waals surface area contributed by atoms with E-state index in [4.69, 9.17) is 0 Å². The molecule has 1 atom stereocenters. The molecule has 2 rings (SSSR count). The minimum Gasteiger partial charge on any atom is -0.353 e. The molecule has 2 heterocycles. The first-order chi connectivity index (χ1) is 7.75. The van der Waals surface area contributed by atoms with Crippen LogP contribution >= 0.6 is 12.4 Å². The second-order valence-electron chi connectivity index (χ2n) is 4.56. The highest BCUT2D eigenvalue weighted by molar-refractivity contribution is 5.86. The quantitative estimate of drug-likeness (QED) is 0.737. The van der Waals surface area contributed by atoms with Crippen LogP contribution in [0.4, 0.5) is 0 Å². The highest BCUT2D eigenvalue weighted by atomic mass is 35.5. The van der Waals surface area contributed by atoms with E-state index in [-0.39, 0.29) is 30.8 Å². The third-order valence-corrected chi connectivity index (χ3v) is 3.32. The smallest absolute Gasteiger partial charge is 0.239 e. The van der Waals surface area contributed by atoms with E-state index in [9.17, 15) is 9.59 Å². The van der Waals surface area contributed by atoms with E-state index in [2.05, 4.69) is 10.6 Å². The van der Waals surface area contributed by atoms with Gasteiger partial charge in [0.15, 0.2) is 0 Å². The number of halogens is 1. The molecule has 0 aromatic rings. The van der Waals surface area contributed by atoms with E-state index in [1.54, 1.807) is 4.90 Å². The molecular weight excluding hydrogens is 242 g/mol. The van der Waals surface area contributed by atoms with Crippen LogP contribution in [0.15, 0.2) is 0 Å². The normalized spacial score (nSPS) is 24.1. The first-order valence-corrected chi connectivity index (χ1v) is 6.01. The lowest BCUT2D eigenvalue weighted by molar-refractivity contribution is -0.138. The molecule has 2 aliphatic rings. The number of piperazine rings is 1. The lowest BCUT2D eigenvalue weighted by atomic mass is 10.0. The van der Waals surface area contributed by atoms with Gasteiger partial charge in [-0.25, -0.2) is 0 Å². The maximum Gasteiger partial charge on any atom is 0.239 e. The molecule has 0 saturated carbocycles. The van der Waals surface area contributed by atoms with Gasteiger partial charge in [-0.1, -0.05) is 0 Å². The first-order valence-electron chi connectivity index (χ1n) is 6.01. The molecule has 6 heteroatoms. The SMILES string of the molecule is Cl.O=C1CN(C(=O)CCC2CCNC2)CCN1. The third kappa shape index (κ3) is 4.16.